The summed E-state index contributed by atoms with van der Waals surface area (Å²) in [6, 6.07) is 9.09. The molecule has 1 amide bonds. The summed E-state index contributed by atoms with van der Waals surface area (Å²) in [5.74, 6) is 0.400. The highest BCUT2D eigenvalue weighted by Gasteiger charge is 2.05. The number of aromatic nitrogens is 1. The first-order valence-corrected chi connectivity index (χ1v) is 7.58. The van der Waals surface area contributed by atoms with E-state index in [1.807, 2.05) is 32.0 Å². The van der Waals surface area contributed by atoms with Crippen LogP contribution in [0.25, 0.3) is 0 Å². The number of pyridine rings is 1. The number of halogens is 1. The van der Waals surface area contributed by atoms with Crippen LogP contribution in [0.1, 0.15) is 28.5 Å². The van der Waals surface area contributed by atoms with Gasteiger partial charge in [0, 0.05) is 21.9 Å². The predicted molar refractivity (Wildman–Crippen MR) is 89.3 cm³/mol. The molecule has 0 saturated carbocycles. The Bertz CT molecular complexity index is 684. The average molecular weight is 362 g/mol. The van der Waals surface area contributed by atoms with Crippen LogP contribution in [0.4, 0.5) is 0 Å². The van der Waals surface area contributed by atoms with Gasteiger partial charge in [0.2, 0.25) is 0 Å². The number of benzene rings is 1. The fourth-order valence-electron chi connectivity index (χ4n) is 1.73. The molecule has 1 aromatic carbocycles. The zero-order valence-corrected chi connectivity index (χ0v) is 13.9. The number of hydrogen-bond donors (Lipinski definition) is 1. The van der Waals surface area contributed by atoms with Crippen molar-refractivity contribution in [2.45, 2.75) is 13.8 Å². The maximum absolute atomic E-state index is 11.9. The maximum Gasteiger partial charge on any atom is 0.272 e. The van der Waals surface area contributed by atoms with E-state index in [1.54, 1.807) is 18.3 Å². The Balaban J connectivity index is 2.07. The van der Waals surface area contributed by atoms with Crippen LogP contribution in [0, 0.1) is 6.92 Å². The Labute approximate surface area is 137 Å². The van der Waals surface area contributed by atoms with Crippen LogP contribution in [0.2, 0.25) is 0 Å². The van der Waals surface area contributed by atoms with Gasteiger partial charge in [-0.1, -0.05) is 15.9 Å². The van der Waals surface area contributed by atoms with Crippen molar-refractivity contribution in [3.8, 4) is 5.75 Å². The van der Waals surface area contributed by atoms with Crippen LogP contribution >= 0.6 is 15.9 Å². The number of hydrogen-bond acceptors (Lipinski definition) is 4. The summed E-state index contributed by atoms with van der Waals surface area (Å²) in [7, 11) is 0. The first-order valence-electron chi connectivity index (χ1n) is 6.78. The van der Waals surface area contributed by atoms with E-state index >= 15 is 0 Å². The van der Waals surface area contributed by atoms with Crippen LogP contribution in [0.3, 0.4) is 0 Å². The molecule has 0 bridgehead atoms. The minimum absolute atomic E-state index is 0.309. The van der Waals surface area contributed by atoms with Gasteiger partial charge >= 0.3 is 0 Å². The van der Waals surface area contributed by atoms with Gasteiger partial charge in [0.05, 0.1) is 18.4 Å². The third-order valence-corrected chi connectivity index (χ3v) is 3.31. The first-order chi connectivity index (χ1) is 10.6. The van der Waals surface area contributed by atoms with Crippen molar-refractivity contribution in [1.82, 2.24) is 10.4 Å². The van der Waals surface area contributed by atoms with E-state index in [2.05, 4.69) is 31.4 Å². The SMILES string of the molecule is CCOc1ccc(Br)cc1C=NNC(=O)c1ccc(C)nc1. The van der Waals surface area contributed by atoms with Crippen molar-refractivity contribution < 1.29 is 9.53 Å². The molecular formula is C16H16BrN3O2. The van der Waals surface area contributed by atoms with Crippen molar-refractivity contribution in [3.63, 3.8) is 0 Å². The quantitative estimate of drug-likeness (QED) is 0.656. The van der Waals surface area contributed by atoms with Gasteiger partial charge in [-0.15, -0.1) is 0 Å². The summed E-state index contributed by atoms with van der Waals surface area (Å²) in [5.41, 5.74) is 4.57. The Morgan fingerprint density at radius 2 is 2.23 bits per heavy atom. The smallest absolute Gasteiger partial charge is 0.272 e. The van der Waals surface area contributed by atoms with E-state index in [9.17, 15) is 4.79 Å². The molecule has 6 heteroatoms. The summed E-state index contributed by atoms with van der Waals surface area (Å²) in [6.45, 7) is 4.33. The van der Waals surface area contributed by atoms with Crippen molar-refractivity contribution in [2.24, 2.45) is 5.10 Å². The Morgan fingerprint density at radius 3 is 2.91 bits per heavy atom. The fourth-order valence-corrected chi connectivity index (χ4v) is 2.11. The van der Waals surface area contributed by atoms with E-state index in [-0.39, 0.29) is 5.91 Å². The molecule has 0 aliphatic rings. The largest absolute Gasteiger partial charge is 0.493 e. The second-order valence-electron chi connectivity index (χ2n) is 4.50. The van der Waals surface area contributed by atoms with Gasteiger partial charge in [-0.2, -0.15) is 5.10 Å². The van der Waals surface area contributed by atoms with Gasteiger partial charge in [0.25, 0.3) is 5.91 Å². The van der Waals surface area contributed by atoms with Crippen molar-refractivity contribution in [2.75, 3.05) is 6.61 Å². The molecule has 0 unspecified atom stereocenters. The molecule has 2 aromatic rings. The molecule has 1 heterocycles. The molecule has 0 radical (unpaired) electrons. The highest BCUT2D eigenvalue weighted by Crippen LogP contribution is 2.21. The second-order valence-corrected chi connectivity index (χ2v) is 5.42. The van der Waals surface area contributed by atoms with Crippen LogP contribution in [-0.4, -0.2) is 23.7 Å². The Kier molecular flexibility index (Phi) is 5.66. The van der Waals surface area contributed by atoms with Crippen LogP contribution < -0.4 is 10.2 Å². The zero-order valence-electron chi connectivity index (χ0n) is 12.3. The molecule has 2 rings (SSSR count). The number of nitrogens with zero attached hydrogens (tertiary/aromatic N) is 2. The lowest BCUT2D eigenvalue weighted by Gasteiger charge is -2.07. The number of rotatable bonds is 5. The molecule has 1 N–H and O–H groups in total. The molecule has 114 valence electrons. The summed E-state index contributed by atoms with van der Waals surface area (Å²) < 4.78 is 6.42. The molecule has 0 aliphatic carbocycles. The monoisotopic (exact) mass is 361 g/mol. The lowest BCUT2D eigenvalue weighted by Crippen LogP contribution is -2.17. The standard InChI is InChI=1S/C16H16BrN3O2/c1-3-22-15-7-6-14(17)8-13(15)10-19-20-16(21)12-5-4-11(2)18-9-12/h4-10H,3H2,1-2H3,(H,20,21). The van der Waals surface area contributed by atoms with Crippen LogP contribution in [0.15, 0.2) is 46.1 Å². The molecule has 0 saturated heterocycles. The van der Waals surface area contributed by atoms with Crippen molar-refractivity contribution in [3.05, 3.63) is 57.8 Å². The van der Waals surface area contributed by atoms with Crippen LogP contribution in [0.5, 0.6) is 5.75 Å². The topological polar surface area (TPSA) is 63.6 Å². The lowest BCUT2D eigenvalue weighted by atomic mass is 10.2. The molecule has 5 nitrogen and oxygen atoms in total. The van der Waals surface area contributed by atoms with E-state index in [0.717, 1.165) is 15.7 Å². The van der Waals surface area contributed by atoms with Gasteiger partial charge in [-0.05, 0) is 44.2 Å². The molecule has 22 heavy (non-hydrogen) atoms. The maximum atomic E-state index is 11.9. The Hall–Kier alpha value is -2.21. The number of ether oxygens (including phenoxy) is 1. The van der Waals surface area contributed by atoms with E-state index in [1.165, 1.54) is 6.20 Å². The minimum Gasteiger partial charge on any atom is -0.493 e. The van der Waals surface area contributed by atoms with Crippen LogP contribution in [-0.2, 0) is 0 Å². The highest BCUT2D eigenvalue weighted by molar-refractivity contribution is 9.10. The zero-order chi connectivity index (χ0) is 15.9. The third-order valence-electron chi connectivity index (χ3n) is 2.81. The van der Waals surface area contributed by atoms with E-state index in [0.29, 0.717) is 17.9 Å². The molecular weight excluding hydrogens is 346 g/mol. The van der Waals surface area contributed by atoms with Gasteiger partial charge in [-0.3, -0.25) is 9.78 Å². The van der Waals surface area contributed by atoms with Crippen molar-refractivity contribution in [1.29, 1.82) is 0 Å². The number of amides is 1. The summed E-state index contributed by atoms with van der Waals surface area (Å²) >= 11 is 3.40. The molecule has 0 aliphatic heterocycles. The summed E-state index contributed by atoms with van der Waals surface area (Å²) in [6.07, 6.45) is 3.07. The number of carbonyl (C=O) groups is 1. The van der Waals surface area contributed by atoms with Crippen molar-refractivity contribution >= 4 is 28.1 Å². The predicted octanol–water partition coefficient (Wildman–Crippen LogP) is 3.32. The van der Waals surface area contributed by atoms with Gasteiger partial charge < -0.3 is 4.74 Å². The van der Waals surface area contributed by atoms with E-state index < -0.39 is 0 Å². The third kappa shape index (κ3) is 4.39. The number of aryl methyl sites for hydroxylation is 1. The Morgan fingerprint density at radius 1 is 1.41 bits per heavy atom. The molecule has 0 spiro atoms. The number of nitrogens with one attached hydrogen (secondary N) is 1. The molecule has 1 aromatic heterocycles. The second kappa shape index (κ2) is 7.70. The molecule has 0 atom stereocenters. The van der Waals surface area contributed by atoms with Gasteiger partial charge in [0.15, 0.2) is 0 Å². The number of hydrazone groups is 1. The summed E-state index contributed by atoms with van der Waals surface area (Å²) in [5, 5.41) is 3.97. The fraction of sp³-hybridized carbons (Fsp3) is 0.188. The minimum atomic E-state index is -0.309. The summed E-state index contributed by atoms with van der Waals surface area (Å²) in [4.78, 5) is 16.0. The highest BCUT2D eigenvalue weighted by atomic mass is 79.9. The first kappa shape index (κ1) is 16.2. The molecule has 0 fully saturated rings. The van der Waals surface area contributed by atoms with Gasteiger partial charge in [-0.25, -0.2) is 5.43 Å². The lowest BCUT2D eigenvalue weighted by molar-refractivity contribution is 0.0954. The number of carbonyl (C=O) groups excluding carboxylic acids is 1. The van der Waals surface area contributed by atoms with E-state index in [4.69, 9.17) is 4.74 Å². The average Bonchev–Trinajstić information content (AvgIpc) is 2.50. The van der Waals surface area contributed by atoms with Gasteiger partial charge in [0.1, 0.15) is 5.75 Å². The normalized spacial score (nSPS) is 10.7.